The molecule has 2 aliphatic rings. The first-order valence-corrected chi connectivity index (χ1v) is 8.49. The van der Waals surface area contributed by atoms with Crippen molar-refractivity contribution in [3.8, 4) is 0 Å². The van der Waals surface area contributed by atoms with Crippen molar-refractivity contribution in [2.75, 3.05) is 13.1 Å². The molecule has 26 heavy (non-hydrogen) atoms. The summed E-state index contributed by atoms with van der Waals surface area (Å²) in [6, 6.07) is 6.90. The number of nitrogens with one attached hydrogen (secondary N) is 2. The zero-order valence-electron chi connectivity index (χ0n) is 13.9. The van der Waals surface area contributed by atoms with Crippen molar-refractivity contribution in [2.24, 2.45) is 10.9 Å². The molecule has 0 spiro atoms. The molecule has 1 amide bonds. The lowest BCUT2D eigenvalue weighted by Gasteiger charge is -2.32. The number of hydrogen-bond donors (Lipinski definition) is 2. The Morgan fingerprint density at radius 1 is 1.23 bits per heavy atom. The van der Waals surface area contributed by atoms with Crippen molar-refractivity contribution in [2.45, 2.75) is 19.0 Å². The van der Waals surface area contributed by atoms with Gasteiger partial charge >= 0.3 is 0 Å². The van der Waals surface area contributed by atoms with Crippen LogP contribution in [0, 0.1) is 17.6 Å². The highest BCUT2D eigenvalue weighted by atomic mass is 19.1. The van der Waals surface area contributed by atoms with Gasteiger partial charge in [0.05, 0.1) is 11.6 Å². The van der Waals surface area contributed by atoms with Gasteiger partial charge in [0.15, 0.2) is 6.17 Å². The van der Waals surface area contributed by atoms with Gasteiger partial charge in [-0.25, -0.2) is 13.8 Å². The Morgan fingerprint density at radius 2 is 2.04 bits per heavy atom. The Labute approximate surface area is 148 Å². The SMILES string of the molecule is O=C(c1ccc(F)cc1)N1CCC[C@H](C2=NC(c3cc(F)c[nH]3)NO2)C1. The molecule has 2 N–H and O–H groups in total. The number of nitrogens with zero attached hydrogens (tertiary/aromatic N) is 2. The van der Waals surface area contributed by atoms with Crippen LogP contribution in [0.2, 0.25) is 0 Å². The Morgan fingerprint density at radius 3 is 2.77 bits per heavy atom. The van der Waals surface area contributed by atoms with Crippen molar-refractivity contribution < 1.29 is 18.4 Å². The third kappa shape index (κ3) is 3.32. The summed E-state index contributed by atoms with van der Waals surface area (Å²) in [5.74, 6) is -0.389. The Bertz CT molecular complexity index is 834. The summed E-state index contributed by atoms with van der Waals surface area (Å²) in [5.41, 5.74) is 3.80. The molecule has 1 saturated heterocycles. The van der Waals surface area contributed by atoms with Gasteiger partial charge in [0, 0.05) is 24.8 Å². The minimum atomic E-state index is -0.488. The van der Waals surface area contributed by atoms with Crippen LogP contribution in [0.25, 0.3) is 0 Å². The van der Waals surface area contributed by atoms with Crippen LogP contribution in [0.15, 0.2) is 41.5 Å². The quantitative estimate of drug-likeness (QED) is 0.884. The van der Waals surface area contributed by atoms with Gasteiger partial charge in [0.2, 0.25) is 5.90 Å². The monoisotopic (exact) mass is 360 g/mol. The molecule has 1 aromatic heterocycles. The number of aromatic amines is 1. The topological polar surface area (TPSA) is 69.7 Å². The van der Waals surface area contributed by atoms with Crippen LogP contribution in [-0.4, -0.2) is 34.8 Å². The summed E-state index contributed by atoms with van der Waals surface area (Å²) in [4.78, 5) is 27.1. The normalized spacial score (nSPS) is 22.8. The van der Waals surface area contributed by atoms with E-state index in [1.165, 1.54) is 36.5 Å². The van der Waals surface area contributed by atoms with E-state index in [4.69, 9.17) is 4.84 Å². The van der Waals surface area contributed by atoms with Crippen molar-refractivity contribution >= 4 is 11.8 Å². The number of benzene rings is 1. The number of carbonyl (C=O) groups excluding carboxylic acids is 1. The molecule has 6 nitrogen and oxygen atoms in total. The Balaban J connectivity index is 1.45. The van der Waals surface area contributed by atoms with Crippen LogP contribution in [0.1, 0.15) is 35.1 Å². The number of likely N-dealkylation sites (tertiary alicyclic amines) is 1. The zero-order chi connectivity index (χ0) is 18.1. The number of amides is 1. The van der Waals surface area contributed by atoms with Gasteiger partial charge in [-0.15, -0.1) is 5.48 Å². The number of piperidine rings is 1. The van der Waals surface area contributed by atoms with Gasteiger partial charge in [0.25, 0.3) is 5.91 Å². The third-order valence-electron chi connectivity index (χ3n) is 4.65. The Hall–Kier alpha value is -2.74. The first-order valence-electron chi connectivity index (χ1n) is 8.49. The molecule has 2 aromatic rings. The predicted molar refractivity (Wildman–Crippen MR) is 90.2 cm³/mol. The smallest absolute Gasteiger partial charge is 0.253 e. The van der Waals surface area contributed by atoms with Gasteiger partial charge in [-0.1, -0.05) is 0 Å². The highest BCUT2D eigenvalue weighted by Gasteiger charge is 2.33. The molecule has 0 radical (unpaired) electrons. The van der Waals surface area contributed by atoms with Crippen molar-refractivity contribution in [1.82, 2.24) is 15.4 Å². The lowest BCUT2D eigenvalue weighted by atomic mass is 9.97. The summed E-state index contributed by atoms with van der Waals surface area (Å²) in [7, 11) is 0. The van der Waals surface area contributed by atoms with Crippen LogP contribution in [0.5, 0.6) is 0 Å². The van der Waals surface area contributed by atoms with Gasteiger partial charge in [-0.3, -0.25) is 4.79 Å². The van der Waals surface area contributed by atoms with Crippen molar-refractivity contribution in [3.05, 3.63) is 59.4 Å². The highest BCUT2D eigenvalue weighted by Crippen LogP contribution is 2.26. The van der Waals surface area contributed by atoms with E-state index < -0.39 is 6.17 Å². The standard InChI is InChI=1S/C18H18F2N4O2/c19-13-5-3-11(4-6-13)18(25)24-7-1-2-12(10-24)17-22-16(23-26-17)15-8-14(20)9-21-15/h3-6,8-9,12,16,21,23H,1-2,7,10H2/t12-,16?/m0/s1. The molecule has 2 aliphatic heterocycles. The van der Waals surface area contributed by atoms with Gasteiger partial charge in [-0.2, -0.15) is 0 Å². The summed E-state index contributed by atoms with van der Waals surface area (Å²) in [5, 5.41) is 0. The molecule has 4 rings (SSSR count). The average Bonchev–Trinajstić information content (AvgIpc) is 3.31. The summed E-state index contributed by atoms with van der Waals surface area (Å²) >= 11 is 0. The molecule has 3 heterocycles. The van der Waals surface area contributed by atoms with Gasteiger partial charge in [0.1, 0.15) is 11.6 Å². The number of hydroxylamine groups is 1. The maximum absolute atomic E-state index is 13.1. The second kappa shape index (κ2) is 6.87. The molecule has 1 aromatic carbocycles. The van der Waals surface area contributed by atoms with Crippen LogP contribution >= 0.6 is 0 Å². The zero-order valence-corrected chi connectivity index (χ0v) is 13.9. The van der Waals surface area contributed by atoms with E-state index in [9.17, 15) is 13.6 Å². The fraction of sp³-hybridized carbons (Fsp3) is 0.333. The maximum atomic E-state index is 13.1. The molecule has 1 unspecified atom stereocenters. The summed E-state index contributed by atoms with van der Waals surface area (Å²) < 4.78 is 26.2. The fourth-order valence-electron chi connectivity index (χ4n) is 3.30. The Kier molecular flexibility index (Phi) is 4.42. The third-order valence-corrected chi connectivity index (χ3v) is 4.65. The second-order valence-corrected chi connectivity index (χ2v) is 6.46. The van der Waals surface area contributed by atoms with E-state index in [-0.39, 0.29) is 23.5 Å². The largest absolute Gasteiger partial charge is 0.391 e. The van der Waals surface area contributed by atoms with E-state index in [0.717, 1.165) is 12.8 Å². The number of aromatic nitrogens is 1. The lowest BCUT2D eigenvalue weighted by molar-refractivity contribution is 0.0685. The average molecular weight is 360 g/mol. The first-order chi connectivity index (χ1) is 12.6. The molecule has 2 atom stereocenters. The van der Waals surface area contributed by atoms with Crippen LogP contribution in [0.3, 0.4) is 0 Å². The van der Waals surface area contributed by atoms with Gasteiger partial charge in [-0.05, 0) is 43.2 Å². The maximum Gasteiger partial charge on any atom is 0.253 e. The predicted octanol–water partition coefficient (Wildman–Crippen LogP) is 2.78. The first kappa shape index (κ1) is 16.7. The molecule has 0 aliphatic carbocycles. The van der Waals surface area contributed by atoms with E-state index in [2.05, 4.69) is 15.5 Å². The molecule has 0 saturated carbocycles. The van der Waals surface area contributed by atoms with Gasteiger partial charge < -0.3 is 14.7 Å². The molecule has 136 valence electrons. The van der Waals surface area contributed by atoms with E-state index in [1.54, 1.807) is 4.90 Å². The lowest BCUT2D eigenvalue weighted by Crippen LogP contribution is -2.42. The number of rotatable bonds is 3. The van der Waals surface area contributed by atoms with E-state index in [1.807, 2.05) is 0 Å². The molecule has 0 bridgehead atoms. The van der Waals surface area contributed by atoms with Crippen LogP contribution in [0.4, 0.5) is 8.78 Å². The van der Waals surface area contributed by atoms with Crippen LogP contribution < -0.4 is 5.48 Å². The fourth-order valence-corrected chi connectivity index (χ4v) is 3.30. The number of halogens is 2. The molecular formula is C18H18F2N4O2. The number of carbonyl (C=O) groups is 1. The minimum absolute atomic E-state index is 0.0366. The summed E-state index contributed by atoms with van der Waals surface area (Å²) in [6.45, 7) is 1.11. The van der Waals surface area contributed by atoms with Crippen LogP contribution in [-0.2, 0) is 4.84 Å². The highest BCUT2D eigenvalue weighted by molar-refractivity contribution is 5.94. The number of H-pyrrole nitrogens is 1. The number of hydrogen-bond acceptors (Lipinski definition) is 4. The summed E-state index contributed by atoms with van der Waals surface area (Å²) in [6.07, 6.45) is 2.44. The van der Waals surface area contributed by atoms with Crippen molar-refractivity contribution in [3.63, 3.8) is 0 Å². The number of aliphatic imine (C=N–C) groups is 1. The minimum Gasteiger partial charge on any atom is -0.391 e. The van der Waals surface area contributed by atoms with E-state index >= 15 is 0 Å². The molecular weight excluding hydrogens is 342 g/mol. The molecule has 8 heteroatoms. The van der Waals surface area contributed by atoms with Crippen molar-refractivity contribution in [1.29, 1.82) is 0 Å². The second-order valence-electron chi connectivity index (χ2n) is 6.46. The molecule has 1 fully saturated rings. The van der Waals surface area contributed by atoms with E-state index in [0.29, 0.717) is 30.2 Å².